The van der Waals surface area contributed by atoms with Crippen LogP contribution in [0.3, 0.4) is 0 Å². The van der Waals surface area contributed by atoms with Gasteiger partial charge in [0, 0.05) is 36.4 Å². The molecule has 0 amide bonds. The van der Waals surface area contributed by atoms with Crippen molar-refractivity contribution in [1.29, 1.82) is 5.26 Å². The number of benzene rings is 1. The summed E-state index contributed by atoms with van der Waals surface area (Å²) in [4.78, 5) is 11.7. The van der Waals surface area contributed by atoms with E-state index in [0.717, 1.165) is 10.9 Å². The lowest BCUT2D eigenvalue weighted by Gasteiger charge is -2.40. The van der Waals surface area contributed by atoms with Gasteiger partial charge >= 0.3 is 0 Å². The number of nitrogens with one attached hydrogen (secondary N) is 1. The number of rotatable bonds is 6. The third-order valence-corrected chi connectivity index (χ3v) is 9.62. The molecule has 0 bridgehead atoms. The third-order valence-electron chi connectivity index (χ3n) is 6.05. The molecule has 4 aromatic rings. The molecule has 11 nitrogen and oxygen atoms in total. The Morgan fingerprint density at radius 2 is 2.00 bits per heavy atom. The zero-order valence-corrected chi connectivity index (χ0v) is 20.2. The van der Waals surface area contributed by atoms with Crippen LogP contribution in [0.4, 0.5) is 0 Å². The molecule has 3 aromatic heterocycles. The first-order valence-corrected chi connectivity index (χ1v) is 14.1. The van der Waals surface area contributed by atoms with Crippen LogP contribution in [0, 0.1) is 11.3 Å². The summed E-state index contributed by atoms with van der Waals surface area (Å²) in [7, 11) is -6.55. The van der Waals surface area contributed by atoms with Gasteiger partial charge in [-0.05, 0) is 23.8 Å². The highest BCUT2D eigenvalue weighted by Gasteiger charge is 2.32. The monoisotopic (exact) mass is 513 g/mol. The second-order valence-electron chi connectivity index (χ2n) is 8.24. The van der Waals surface area contributed by atoms with Crippen molar-refractivity contribution in [3.8, 4) is 17.3 Å². The van der Waals surface area contributed by atoms with E-state index in [-0.39, 0.29) is 35.9 Å². The maximum absolute atomic E-state index is 13.2. The largest absolute Gasteiger partial charge is 0.346 e. The molecule has 1 aromatic carbocycles. The molecule has 5 rings (SSSR count). The van der Waals surface area contributed by atoms with E-state index in [1.165, 1.54) is 16.7 Å². The topological polar surface area (TPSA) is 161 Å². The fourth-order valence-corrected chi connectivity index (χ4v) is 7.12. The van der Waals surface area contributed by atoms with E-state index in [1.54, 1.807) is 41.5 Å². The first-order valence-electron chi connectivity index (χ1n) is 10.8. The fraction of sp³-hybridized carbons (Fsp3) is 0.273. The Labute approximate surface area is 203 Å². The van der Waals surface area contributed by atoms with Crippen LogP contribution in [0.25, 0.3) is 22.3 Å². The van der Waals surface area contributed by atoms with Gasteiger partial charge in [-0.15, -0.1) is 0 Å². The summed E-state index contributed by atoms with van der Waals surface area (Å²) in [5.41, 5.74) is 2.77. The number of sulfonamides is 1. The van der Waals surface area contributed by atoms with Crippen LogP contribution in [0.2, 0.25) is 0 Å². The smallest absolute Gasteiger partial charge is 0.243 e. The summed E-state index contributed by atoms with van der Waals surface area (Å²) in [6.07, 6.45) is 6.77. The molecule has 1 aliphatic rings. The lowest BCUT2D eigenvalue weighted by atomic mass is 10.0. The number of nitriles is 1. The Balaban J connectivity index is 1.47. The van der Waals surface area contributed by atoms with Crippen molar-refractivity contribution in [1.82, 2.24) is 29.0 Å². The number of fused-ring (bicyclic) bond motifs is 1. The Hall–Kier alpha value is -3.28. The predicted molar refractivity (Wildman–Crippen MR) is 131 cm³/mol. The first kappa shape index (κ1) is 23.5. The number of H-pyrrole nitrogens is 1. The molecule has 1 unspecified atom stereocenters. The highest BCUT2D eigenvalue weighted by atomic mass is 32.3. The summed E-state index contributed by atoms with van der Waals surface area (Å²) in [6, 6.07) is 10.0. The summed E-state index contributed by atoms with van der Waals surface area (Å²) in [5.74, 6) is 0.0486. The molecule has 35 heavy (non-hydrogen) atoms. The lowest BCUT2D eigenvalue weighted by molar-refractivity contribution is 0.402. The van der Waals surface area contributed by atoms with E-state index >= 15 is 0 Å². The van der Waals surface area contributed by atoms with E-state index < -0.39 is 26.7 Å². The second-order valence-corrected chi connectivity index (χ2v) is 12.6. The molecular weight excluding hydrogens is 490 g/mol. The van der Waals surface area contributed by atoms with Crippen molar-refractivity contribution >= 4 is 31.6 Å². The van der Waals surface area contributed by atoms with E-state index in [1.807, 2.05) is 6.07 Å². The summed E-state index contributed by atoms with van der Waals surface area (Å²) in [5, 5.41) is 14.8. The van der Waals surface area contributed by atoms with Crippen LogP contribution >= 0.6 is 10.6 Å². The molecular formula is C22H23N7O4S2. The molecule has 1 aliphatic heterocycles. The van der Waals surface area contributed by atoms with Gasteiger partial charge < -0.3 is 4.98 Å². The standard InChI is InChI=1S/C22H23N7O4S2/c23-6-4-20(29-14-17(13-27-29)21-19-5-7-24-22(19)26-15-25-21)16-2-1-3-18(12-16)35(32,33)28-8-10-34(30,31)11-9-28/h1-3,5,7,12-15,20,30-31H,4,8-11H2,(H,24,25,26). The van der Waals surface area contributed by atoms with E-state index in [9.17, 15) is 22.8 Å². The molecule has 1 saturated heterocycles. The average Bonchev–Trinajstić information content (AvgIpc) is 3.52. The van der Waals surface area contributed by atoms with Crippen molar-refractivity contribution in [2.75, 3.05) is 24.6 Å². The van der Waals surface area contributed by atoms with Gasteiger partial charge in [-0.1, -0.05) is 12.1 Å². The van der Waals surface area contributed by atoms with E-state index in [0.29, 0.717) is 16.9 Å². The van der Waals surface area contributed by atoms with Gasteiger partial charge in [0.2, 0.25) is 10.0 Å². The highest BCUT2D eigenvalue weighted by Crippen LogP contribution is 2.41. The van der Waals surface area contributed by atoms with Crippen LogP contribution in [-0.2, 0) is 10.0 Å². The molecule has 3 N–H and O–H groups in total. The Morgan fingerprint density at radius 3 is 2.77 bits per heavy atom. The van der Waals surface area contributed by atoms with E-state index in [2.05, 4.69) is 26.1 Å². The number of hydrogen-bond donors (Lipinski definition) is 3. The molecule has 0 radical (unpaired) electrons. The van der Waals surface area contributed by atoms with Crippen molar-refractivity contribution in [2.24, 2.45) is 0 Å². The highest BCUT2D eigenvalue weighted by molar-refractivity contribution is 8.24. The van der Waals surface area contributed by atoms with Gasteiger partial charge in [0.15, 0.2) is 0 Å². The minimum absolute atomic E-state index is 0.0243. The van der Waals surface area contributed by atoms with Crippen molar-refractivity contribution in [2.45, 2.75) is 17.4 Å². The Morgan fingerprint density at radius 1 is 1.20 bits per heavy atom. The maximum Gasteiger partial charge on any atom is 0.243 e. The minimum atomic E-state index is -3.83. The van der Waals surface area contributed by atoms with Crippen LogP contribution in [0.15, 0.2) is 60.1 Å². The van der Waals surface area contributed by atoms with Gasteiger partial charge in [0.25, 0.3) is 0 Å². The molecule has 0 spiro atoms. The van der Waals surface area contributed by atoms with Gasteiger partial charge in [-0.25, -0.2) is 18.4 Å². The van der Waals surface area contributed by atoms with Crippen molar-refractivity contribution < 1.29 is 17.5 Å². The van der Waals surface area contributed by atoms with E-state index in [4.69, 9.17) is 0 Å². The predicted octanol–water partition coefficient (Wildman–Crippen LogP) is 3.08. The zero-order chi connectivity index (χ0) is 24.6. The number of aromatic nitrogens is 5. The fourth-order valence-electron chi connectivity index (χ4n) is 4.17. The summed E-state index contributed by atoms with van der Waals surface area (Å²) in [6.45, 7) is 0.0944. The van der Waals surface area contributed by atoms with Gasteiger partial charge in [0.05, 0.1) is 46.8 Å². The van der Waals surface area contributed by atoms with Crippen LogP contribution < -0.4 is 0 Å². The first-order chi connectivity index (χ1) is 16.8. The normalized spacial score (nSPS) is 18.2. The van der Waals surface area contributed by atoms with Crippen molar-refractivity contribution in [3.05, 3.63) is 60.8 Å². The number of hydrogen-bond acceptors (Lipinski definition) is 8. The minimum Gasteiger partial charge on any atom is -0.346 e. The molecule has 1 fully saturated rings. The molecule has 0 aliphatic carbocycles. The van der Waals surface area contributed by atoms with Gasteiger partial charge in [0.1, 0.15) is 12.0 Å². The molecule has 1 atom stereocenters. The summed E-state index contributed by atoms with van der Waals surface area (Å²) < 4.78 is 49.0. The Bertz CT molecular complexity index is 1510. The third kappa shape index (κ3) is 4.54. The second kappa shape index (κ2) is 9.06. The van der Waals surface area contributed by atoms with Crippen LogP contribution in [0.1, 0.15) is 18.0 Å². The van der Waals surface area contributed by atoms with Gasteiger partial charge in [-0.3, -0.25) is 13.8 Å². The molecule has 0 saturated carbocycles. The average molecular weight is 514 g/mol. The lowest BCUT2D eigenvalue weighted by Crippen LogP contribution is -2.42. The van der Waals surface area contributed by atoms with Gasteiger partial charge in [-0.2, -0.15) is 25.3 Å². The van der Waals surface area contributed by atoms with Crippen LogP contribution in [0.5, 0.6) is 0 Å². The quantitative estimate of drug-likeness (QED) is 0.354. The maximum atomic E-state index is 13.2. The number of aromatic amines is 1. The molecule has 4 heterocycles. The van der Waals surface area contributed by atoms with Crippen LogP contribution in [-0.4, -0.2) is 71.2 Å². The molecule has 182 valence electrons. The zero-order valence-electron chi connectivity index (χ0n) is 18.5. The molecule has 13 heteroatoms. The SMILES string of the molecule is N#CCC(c1cccc(S(=O)(=O)N2CCS(O)(O)CC2)c1)n1cc(-c2ncnc3[nH]ccc23)cn1. The van der Waals surface area contributed by atoms with Crippen molar-refractivity contribution in [3.63, 3.8) is 0 Å². The Kier molecular flexibility index (Phi) is 6.07. The number of nitrogens with zero attached hydrogens (tertiary/aromatic N) is 6. The summed E-state index contributed by atoms with van der Waals surface area (Å²) >= 11 is 0.